The number of rotatable bonds is 16. The van der Waals surface area contributed by atoms with E-state index in [0.717, 1.165) is 77.5 Å². The molecule has 3 amide bonds. The molecule has 0 spiro atoms. The molecule has 1 heterocycles. The highest BCUT2D eigenvalue weighted by atomic mass is 16.2. The van der Waals surface area contributed by atoms with Gasteiger partial charge in [0.25, 0.3) is 5.91 Å². The van der Waals surface area contributed by atoms with Crippen LogP contribution in [-0.2, 0) is 4.79 Å². The molecular weight excluding hydrogens is 340 g/mol. The molecule has 2 N–H and O–H groups in total. The van der Waals surface area contributed by atoms with Crippen LogP contribution in [0.4, 0.5) is 4.79 Å². The summed E-state index contributed by atoms with van der Waals surface area (Å²) in [4.78, 5) is 29.6. The lowest BCUT2D eigenvalue weighted by atomic mass is 9.97. The molecule has 1 aliphatic heterocycles. The van der Waals surface area contributed by atoms with Gasteiger partial charge in [0.15, 0.2) is 0 Å². The van der Waals surface area contributed by atoms with Crippen molar-refractivity contribution in [2.45, 2.75) is 84.6 Å². The number of nitrogens with zero attached hydrogens (tertiary/aromatic N) is 2. The molecule has 27 heavy (non-hydrogen) atoms. The van der Waals surface area contributed by atoms with Crippen molar-refractivity contribution >= 4 is 11.9 Å². The first kappa shape index (κ1) is 23.9. The Kier molecular flexibility index (Phi) is 11.6. The lowest BCUT2D eigenvalue weighted by Gasteiger charge is -2.37. The summed E-state index contributed by atoms with van der Waals surface area (Å²) in [6.45, 7) is 13.9. The second kappa shape index (κ2) is 13.1. The molecule has 6 nitrogen and oxygen atoms in total. The minimum absolute atomic E-state index is 0.163. The largest absolute Gasteiger partial charge is 0.322 e. The number of hydrogen-bond acceptors (Lipinski definition) is 4. The molecule has 0 atom stereocenters. The fourth-order valence-corrected chi connectivity index (χ4v) is 3.63. The van der Waals surface area contributed by atoms with Crippen LogP contribution < -0.4 is 10.6 Å². The highest BCUT2D eigenvalue weighted by Crippen LogP contribution is 2.18. The minimum atomic E-state index is -0.833. The van der Waals surface area contributed by atoms with Gasteiger partial charge in [0.1, 0.15) is 5.54 Å². The monoisotopic (exact) mass is 382 g/mol. The van der Waals surface area contributed by atoms with E-state index in [4.69, 9.17) is 0 Å². The quantitative estimate of drug-likeness (QED) is 0.402. The van der Waals surface area contributed by atoms with E-state index < -0.39 is 5.54 Å². The lowest BCUT2D eigenvalue weighted by molar-refractivity contribution is -0.125. The molecule has 0 radical (unpaired) electrons. The zero-order chi connectivity index (χ0) is 20.1. The van der Waals surface area contributed by atoms with Gasteiger partial charge < -0.3 is 15.1 Å². The lowest BCUT2D eigenvalue weighted by Crippen LogP contribution is -2.61. The van der Waals surface area contributed by atoms with Crippen molar-refractivity contribution in [2.75, 3.05) is 39.3 Å². The highest BCUT2D eigenvalue weighted by Gasteiger charge is 2.48. The third-order valence-electron chi connectivity index (χ3n) is 5.31. The van der Waals surface area contributed by atoms with Gasteiger partial charge in [-0.15, -0.1) is 0 Å². The molecule has 0 aromatic carbocycles. The van der Waals surface area contributed by atoms with Gasteiger partial charge in [-0.2, -0.15) is 0 Å². The van der Waals surface area contributed by atoms with Gasteiger partial charge in [-0.05, 0) is 51.9 Å². The van der Waals surface area contributed by atoms with Gasteiger partial charge >= 0.3 is 6.03 Å². The normalized spacial score (nSPS) is 16.2. The maximum Gasteiger partial charge on any atom is 0.322 e. The summed E-state index contributed by atoms with van der Waals surface area (Å²) in [7, 11) is 0. The van der Waals surface area contributed by atoms with Gasteiger partial charge in [-0.1, -0.05) is 53.4 Å². The predicted octanol–water partition coefficient (Wildman–Crippen LogP) is 3.37. The maximum absolute atomic E-state index is 12.8. The molecule has 1 fully saturated rings. The Balaban J connectivity index is 2.94. The fraction of sp³-hybridized carbons (Fsp3) is 0.905. The Morgan fingerprint density at radius 3 is 1.33 bits per heavy atom. The molecule has 6 heteroatoms. The Morgan fingerprint density at radius 2 is 1.07 bits per heavy atom. The van der Waals surface area contributed by atoms with Gasteiger partial charge in [0.05, 0.1) is 0 Å². The van der Waals surface area contributed by atoms with Crippen molar-refractivity contribution in [3.8, 4) is 0 Å². The van der Waals surface area contributed by atoms with E-state index in [1.807, 2.05) is 0 Å². The van der Waals surface area contributed by atoms with Crippen LogP contribution in [0.2, 0.25) is 0 Å². The molecule has 0 aliphatic carbocycles. The molecular formula is C21H42N4O2. The Morgan fingerprint density at radius 1 is 0.704 bits per heavy atom. The van der Waals surface area contributed by atoms with Crippen LogP contribution in [0.3, 0.4) is 0 Å². The average Bonchev–Trinajstić information content (AvgIpc) is 2.92. The van der Waals surface area contributed by atoms with Crippen LogP contribution >= 0.6 is 0 Å². The fourth-order valence-electron chi connectivity index (χ4n) is 3.63. The number of carbonyl (C=O) groups excluding carboxylic acids is 2. The second-order valence-electron chi connectivity index (χ2n) is 7.96. The van der Waals surface area contributed by atoms with Gasteiger partial charge in [0.2, 0.25) is 0 Å². The van der Waals surface area contributed by atoms with Crippen molar-refractivity contribution < 1.29 is 9.59 Å². The molecule has 0 unspecified atom stereocenters. The van der Waals surface area contributed by atoms with E-state index in [0.29, 0.717) is 13.1 Å². The maximum atomic E-state index is 12.8. The number of hydrogen-bond donors (Lipinski definition) is 2. The zero-order valence-electron chi connectivity index (χ0n) is 18.1. The zero-order valence-corrected chi connectivity index (χ0v) is 18.1. The molecule has 0 bridgehead atoms. The summed E-state index contributed by atoms with van der Waals surface area (Å²) in [5, 5.41) is 5.50. The number of nitrogens with one attached hydrogen (secondary N) is 2. The van der Waals surface area contributed by atoms with E-state index in [1.165, 1.54) is 0 Å². The highest BCUT2D eigenvalue weighted by molar-refractivity contribution is 6.07. The summed E-state index contributed by atoms with van der Waals surface area (Å²) >= 11 is 0. The molecule has 1 rings (SSSR count). The van der Waals surface area contributed by atoms with E-state index in [2.05, 4.69) is 48.1 Å². The van der Waals surface area contributed by atoms with Gasteiger partial charge in [-0.25, -0.2) is 4.79 Å². The van der Waals surface area contributed by atoms with E-state index in [1.54, 1.807) is 0 Å². The third-order valence-corrected chi connectivity index (χ3v) is 5.31. The summed E-state index contributed by atoms with van der Waals surface area (Å²) in [6.07, 6.45) is 8.99. The standard InChI is InChI=1S/C21H42N4O2/c1-5-9-13-24(14-10-6-2)17-21(19(26)22-20(27)23-21)18-25(15-11-7-3)16-12-8-4/h5-18H2,1-4H3,(H2,22,23,26,27). The van der Waals surface area contributed by atoms with E-state index in [-0.39, 0.29) is 11.9 Å². The van der Waals surface area contributed by atoms with E-state index in [9.17, 15) is 9.59 Å². The third kappa shape index (κ3) is 8.18. The van der Waals surface area contributed by atoms with Crippen molar-refractivity contribution in [1.82, 2.24) is 20.4 Å². The van der Waals surface area contributed by atoms with Crippen LogP contribution in [0, 0.1) is 0 Å². The molecule has 0 aromatic rings. The SMILES string of the molecule is CCCCN(CCCC)CC1(CN(CCCC)CCCC)NC(=O)NC1=O. The molecule has 1 aliphatic rings. The van der Waals surface area contributed by atoms with Gasteiger partial charge in [-0.3, -0.25) is 10.1 Å². The summed E-state index contributed by atoms with van der Waals surface area (Å²) in [6, 6.07) is -0.350. The summed E-state index contributed by atoms with van der Waals surface area (Å²) in [5.41, 5.74) is -0.833. The molecule has 0 aromatic heterocycles. The molecule has 158 valence electrons. The number of amides is 3. The van der Waals surface area contributed by atoms with Crippen LogP contribution in [0.15, 0.2) is 0 Å². The van der Waals surface area contributed by atoms with Crippen molar-refractivity contribution in [3.05, 3.63) is 0 Å². The summed E-state index contributed by atoms with van der Waals surface area (Å²) in [5.74, 6) is -0.163. The predicted molar refractivity (Wildman–Crippen MR) is 112 cm³/mol. The molecule has 0 saturated carbocycles. The molecule has 1 saturated heterocycles. The van der Waals surface area contributed by atoms with Crippen molar-refractivity contribution in [1.29, 1.82) is 0 Å². The first-order chi connectivity index (χ1) is 13.0. The van der Waals surface area contributed by atoms with Crippen LogP contribution in [-0.4, -0.2) is 66.5 Å². The van der Waals surface area contributed by atoms with Crippen molar-refractivity contribution in [3.63, 3.8) is 0 Å². The van der Waals surface area contributed by atoms with Gasteiger partial charge in [0, 0.05) is 13.1 Å². The Labute approximate surface area is 166 Å². The van der Waals surface area contributed by atoms with Crippen LogP contribution in [0.1, 0.15) is 79.1 Å². The number of urea groups is 1. The van der Waals surface area contributed by atoms with Crippen molar-refractivity contribution in [2.24, 2.45) is 0 Å². The van der Waals surface area contributed by atoms with E-state index >= 15 is 0 Å². The first-order valence-electron chi connectivity index (χ1n) is 11.1. The Hall–Kier alpha value is -1.14. The number of unbranched alkanes of at least 4 members (excludes halogenated alkanes) is 4. The average molecular weight is 383 g/mol. The number of carbonyl (C=O) groups is 2. The number of imide groups is 1. The first-order valence-corrected chi connectivity index (χ1v) is 11.1. The second-order valence-corrected chi connectivity index (χ2v) is 7.96. The smallest absolute Gasteiger partial charge is 0.321 e. The Bertz CT molecular complexity index is 404. The van der Waals surface area contributed by atoms with Crippen LogP contribution in [0.5, 0.6) is 0 Å². The summed E-state index contributed by atoms with van der Waals surface area (Å²) < 4.78 is 0. The minimum Gasteiger partial charge on any atom is -0.321 e. The topological polar surface area (TPSA) is 64.7 Å². The van der Waals surface area contributed by atoms with Crippen LogP contribution in [0.25, 0.3) is 0 Å².